The lowest BCUT2D eigenvalue weighted by Gasteiger charge is -2.22. The van der Waals surface area contributed by atoms with Gasteiger partial charge in [-0.05, 0) is 50.6 Å². The van der Waals surface area contributed by atoms with E-state index in [0.29, 0.717) is 30.7 Å². The number of hydrogen-bond donors (Lipinski definition) is 2. The summed E-state index contributed by atoms with van der Waals surface area (Å²) in [5.41, 5.74) is 1.29. The Morgan fingerprint density at radius 1 is 1.27 bits per heavy atom. The summed E-state index contributed by atoms with van der Waals surface area (Å²) in [5.74, 6) is 1.22. The Bertz CT molecular complexity index is 785. The fourth-order valence-corrected chi connectivity index (χ4v) is 3.31. The molecule has 8 nitrogen and oxygen atoms in total. The predicted octanol–water partition coefficient (Wildman–Crippen LogP) is 1.46. The molecule has 1 aromatic heterocycles. The first-order chi connectivity index (χ1) is 12.7. The lowest BCUT2D eigenvalue weighted by molar-refractivity contribution is 0.0934. The number of nitrogens with one attached hydrogen (secondary N) is 2. The number of amides is 1. The summed E-state index contributed by atoms with van der Waals surface area (Å²) in [6.45, 7) is 4.96. The molecule has 1 fully saturated rings. The summed E-state index contributed by atoms with van der Waals surface area (Å²) in [6, 6.07) is 5.85. The van der Waals surface area contributed by atoms with E-state index in [1.807, 2.05) is 29.8 Å². The summed E-state index contributed by atoms with van der Waals surface area (Å²) in [6.07, 6.45) is 3.73. The number of rotatable bonds is 4. The Labute approximate surface area is 151 Å². The van der Waals surface area contributed by atoms with E-state index < -0.39 is 0 Å². The third kappa shape index (κ3) is 3.50. The van der Waals surface area contributed by atoms with Crippen LogP contribution < -0.4 is 20.1 Å². The largest absolute Gasteiger partial charge is 0.486 e. The van der Waals surface area contributed by atoms with E-state index in [1.165, 1.54) is 0 Å². The Morgan fingerprint density at radius 3 is 2.85 bits per heavy atom. The third-order valence-electron chi connectivity index (χ3n) is 4.84. The highest BCUT2D eigenvalue weighted by Crippen LogP contribution is 2.32. The van der Waals surface area contributed by atoms with E-state index in [4.69, 9.17) is 9.47 Å². The fourth-order valence-electron chi connectivity index (χ4n) is 3.31. The van der Waals surface area contributed by atoms with Crippen LogP contribution in [0.2, 0.25) is 0 Å². The molecule has 138 valence electrons. The van der Waals surface area contributed by atoms with Crippen molar-refractivity contribution in [2.75, 3.05) is 26.3 Å². The number of carbonyl (C=O) groups is 1. The predicted molar refractivity (Wildman–Crippen MR) is 94.5 cm³/mol. The highest BCUT2D eigenvalue weighted by molar-refractivity contribution is 5.92. The summed E-state index contributed by atoms with van der Waals surface area (Å²) in [5, 5.41) is 14.5. The van der Waals surface area contributed by atoms with E-state index in [9.17, 15) is 4.79 Å². The molecule has 2 aliphatic heterocycles. The van der Waals surface area contributed by atoms with Gasteiger partial charge >= 0.3 is 0 Å². The van der Waals surface area contributed by atoms with Gasteiger partial charge in [-0.2, -0.15) is 0 Å². The molecular formula is C18H23N5O3. The van der Waals surface area contributed by atoms with Crippen molar-refractivity contribution >= 4 is 5.91 Å². The van der Waals surface area contributed by atoms with Gasteiger partial charge in [0.2, 0.25) is 0 Å². The lowest BCUT2D eigenvalue weighted by atomic mass is 10.1. The van der Waals surface area contributed by atoms with Crippen LogP contribution in [0.3, 0.4) is 0 Å². The quantitative estimate of drug-likeness (QED) is 0.861. The van der Waals surface area contributed by atoms with Crippen LogP contribution in [0.4, 0.5) is 0 Å². The molecule has 0 radical (unpaired) electrons. The van der Waals surface area contributed by atoms with Crippen molar-refractivity contribution in [3.05, 3.63) is 35.7 Å². The standard InChI is InChI=1S/C18H23N5O3/c1-12(13-2-3-16-17(10-13)26-9-8-25-16)20-18(24)15-11-23(22-21-15)14-4-6-19-7-5-14/h2-3,10-12,14,19H,4-9H2,1H3,(H,20,24). The molecule has 3 heterocycles. The maximum atomic E-state index is 12.5. The van der Waals surface area contributed by atoms with E-state index in [2.05, 4.69) is 20.9 Å². The second kappa shape index (κ2) is 7.33. The fraction of sp³-hybridized carbons (Fsp3) is 0.500. The smallest absolute Gasteiger partial charge is 0.273 e. The molecular weight excluding hydrogens is 334 g/mol. The van der Waals surface area contributed by atoms with Gasteiger partial charge in [-0.25, -0.2) is 4.68 Å². The molecule has 2 aliphatic rings. The first-order valence-corrected chi connectivity index (χ1v) is 9.03. The Balaban J connectivity index is 1.42. The molecule has 1 saturated heterocycles. The molecule has 1 aromatic carbocycles. The molecule has 2 N–H and O–H groups in total. The summed E-state index contributed by atoms with van der Waals surface area (Å²) < 4.78 is 12.9. The summed E-state index contributed by atoms with van der Waals surface area (Å²) in [4.78, 5) is 12.5. The van der Waals surface area contributed by atoms with Crippen molar-refractivity contribution in [2.24, 2.45) is 0 Å². The zero-order chi connectivity index (χ0) is 17.9. The van der Waals surface area contributed by atoms with Gasteiger partial charge in [0.1, 0.15) is 13.2 Å². The van der Waals surface area contributed by atoms with Gasteiger partial charge in [0.05, 0.1) is 18.3 Å². The molecule has 0 saturated carbocycles. The van der Waals surface area contributed by atoms with Crippen LogP contribution in [0.15, 0.2) is 24.4 Å². The Hall–Kier alpha value is -2.61. The van der Waals surface area contributed by atoms with Crippen LogP contribution in [0.1, 0.15) is 47.9 Å². The van der Waals surface area contributed by atoms with Gasteiger partial charge < -0.3 is 20.1 Å². The van der Waals surface area contributed by atoms with Crippen molar-refractivity contribution in [2.45, 2.75) is 31.8 Å². The van der Waals surface area contributed by atoms with Crippen molar-refractivity contribution in [3.8, 4) is 11.5 Å². The molecule has 4 rings (SSSR count). The van der Waals surface area contributed by atoms with Gasteiger partial charge in [0.25, 0.3) is 5.91 Å². The number of ether oxygens (including phenoxy) is 2. The van der Waals surface area contributed by atoms with Crippen LogP contribution in [0.25, 0.3) is 0 Å². The Kier molecular flexibility index (Phi) is 4.75. The molecule has 1 amide bonds. The minimum atomic E-state index is -0.229. The number of aromatic nitrogens is 3. The van der Waals surface area contributed by atoms with Crippen molar-refractivity contribution in [1.82, 2.24) is 25.6 Å². The van der Waals surface area contributed by atoms with Crippen molar-refractivity contribution in [3.63, 3.8) is 0 Å². The number of carbonyl (C=O) groups excluding carboxylic acids is 1. The number of piperidine rings is 1. The monoisotopic (exact) mass is 357 g/mol. The third-order valence-corrected chi connectivity index (χ3v) is 4.84. The number of hydrogen-bond acceptors (Lipinski definition) is 6. The first-order valence-electron chi connectivity index (χ1n) is 9.03. The second-order valence-electron chi connectivity index (χ2n) is 6.66. The molecule has 0 bridgehead atoms. The molecule has 0 aliphatic carbocycles. The molecule has 26 heavy (non-hydrogen) atoms. The van der Waals surface area contributed by atoms with Crippen LogP contribution >= 0.6 is 0 Å². The normalized spacial score (nSPS) is 18.3. The van der Waals surface area contributed by atoms with E-state index >= 15 is 0 Å². The summed E-state index contributed by atoms with van der Waals surface area (Å²) >= 11 is 0. The Morgan fingerprint density at radius 2 is 2.04 bits per heavy atom. The number of benzene rings is 1. The average Bonchev–Trinajstić information content (AvgIpc) is 3.18. The van der Waals surface area contributed by atoms with Crippen molar-refractivity contribution in [1.29, 1.82) is 0 Å². The van der Waals surface area contributed by atoms with E-state index in [0.717, 1.165) is 37.2 Å². The average molecular weight is 357 g/mol. The van der Waals surface area contributed by atoms with Crippen molar-refractivity contribution < 1.29 is 14.3 Å². The molecule has 0 spiro atoms. The van der Waals surface area contributed by atoms with Gasteiger partial charge in [-0.1, -0.05) is 11.3 Å². The van der Waals surface area contributed by atoms with Crippen LogP contribution in [0.5, 0.6) is 11.5 Å². The zero-order valence-electron chi connectivity index (χ0n) is 14.8. The van der Waals surface area contributed by atoms with Crippen LogP contribution in [-0.4, -0.2) is 47.2 Å². The minimum absolute atomic E-state index is 0.178. The second-order valence-corrected chi connectivity index (χ2v) is 6.66. The van der Waals surface area contributed by atoms with Gasteiger partial charge in [-0.3, -0.25) is 4.79 Å². The number of nitrogens with zero attached hydrogens (tertiary/aromatic N) is 3. The van der Waals surface area contributed by atoms with Crippen LogP contribution in [0, 0.1) is 0 Å². The maximum absolute atomic E-state index is 12.5. The lowest BCUT2D eigenvalue weighted by Crippen LogP contribution is -2.29. The zero-order valence-corrected chi connectivity index (χ0v) is 14.8. The maximum Gasteiger partial charge on any atom is 0.273 e. The molecule has 1 atom stereocenters. The van der Waals surface area contributed by atoms with E-state index in [1.54, 1.807) is 6.20 Å². The first kappa shape index (κ1) is 16.8. The SMILES string of the molecule is CC(NC(=O)c1cn(C2CCNCC2)nn1)c1ccc2c(c1)OCCO2. The van der Waals surface area contributed by atoms with Gasteiger partial charge in [0, 0.05) is 0 Å². The highest BCUT2D eigenvalue weighted by Gasteiger charge is 2.21. The van der Waals surface area contributed by atoms with E-state index in [-0.39, 0.29) is 11.9 Å². The van der Waals surface area contributed by atoms with Crippen LogP contribution in [-0.2, 0) is 0 Å². The van der Waals surface area contributed by atoms with Gasteiger partial charge in [-0.15, -0.1) is 5.10 Å². The molecule has 8 heteroatoms. The van der Waals surface area contributed by atoms with Gasteiger partial charge in [0.15, 0.2) is 17.2 Å². The highest BCUT2D eigenvalue weighted by atomic mass is 16.6. The number of fused-ring (bicyclic) bond motifs is 1. The summed E-state index contributed by atoms with van der Waals surface area (Å²) in [7, 11) is 0. The molecule has 1 unspecified atom stereocenters. The minimum Gasteiger partial charge on any atom is -0.486 e. The topological polar surface area (TPSA) is 90.3 Å². The molecule has 2 aromatic rings.